The topological polar surface area (TPSA) is 97.4 Å². The van der Waals surface area contributed by atoms with Gasteiger partial charge in [-0.1, -0.05) is 0 Å². The minimum Gasteiger partial charge on any atom is -0.466 e. The second kappa shape index (κ2) is 10.3. The molecule has 0 aromatic heterocycles. The summed E-state index contributed by atoms with van der Waals surface area (Å²) >= 11 is 0. The molecule has 0 saturated carbocycles. The highest BCUT2D eigenvalue weighted by atomic mass is 16.6. The Morgan fingerprint density at radius 3 is 2.23 bits per heavy atom. The van der Waals surface area contributed by atoms with Crippen molar-refractivity contribution in [1.29, 1.82) is 0 Å². The number of hydrogen-bond acceptors (Lipinski definition) is 9. The third-order valence-corrected chi connectivity index (χ3v) is 4.63. The second-order valence-electron chi connectivity index (χ2n) is 8.22. The molecule has 0 aliphatic carbocycles. The van der Waals surface area contributed by atoms with Gasteiger partial charge in [-0.3, -0.25) is 0 Å². The van der Waals surface area contributed by atoms with E-state index in [4.69, 9.17) is 9.47 Å². The van der Waals surface area contributed by atoms with E-state index in [0.29, 0.717) is 5.69 Å². The lowest BCUT2D eigenvalue weighted by Crippen LogP contribution is -2.44. The maximum Gasteiger partial charge on any atom is 0.354 e. The summed E-state index contributed by atoms with van der Waals surface area (Å²) in [4.78, 5) is 41.2. The lowest BCUT2D eigenvalue weighted by atomic mass is 10.1. The summed E-state index contributed by atoms with van der Waals surface area (Å²) in [5, 5.41) is 2.87. The van der Waals surface area contributed by atoms with E-state index in [0.717, 1.165) is 37.9 Å². The van der Waals surface area contributed by atoms with Crippen LogP contribution in [0.4, 0.5) is 11.4 Å². The maximum absolute atomic E-state index is 12.8. The van der Waals surface area contributed by atoms with Gasteiger partial charge in [0.1, 0.15) is 11.3 Å². The number of nitrogens with zero attached hydrogens (tertiary/aromatic N) is 2. The Labute approximate surface area is 182 Å². The van der Waals surface area contributed by atoms with Crippen molar-refractivity contribution in [3.63, 3.8) is 0 Å². The van der Waals surface area contributed by atoms with Crippen LogP contribution in [0.25, 0.3) is 0 Å². The molecule has 1 aliphatic heterocycles. The monoisotopic (exact) mass is 433 g/mol. The number of likely N-dealkylation sites (N-methyl/N-ethyl adjacent to an activating group) is 1. The molecule has 2 rings (SSSR count). The fraction of sp³-hybridized carbons (Fsp3) is 0.500. The van der Waals surface area contributed by atoms with Crippen LogP contribution in [0.15, 0.2) is 30.0 Å². The van der Waals surface area contributed by atoms with Crippen molar-refractivity contribution in [3.05, 3.63) is 35.5 Å². The summed E-state index contributed by atoms with van der Waals surface area (Å²) in [7, 11) is 4.47. The third-order valence-electron chi connectivity index (χ3n) is 4.63. The molecule has 0 bridgehead atoms. The van der Waals surface area contributed by atoms with Crippen LogP contribution in [0.5, 0.6) is 0 Å². The minimum atomic E-state index is -0.773. The summed E-state index contributed by atoms with van der Waals surface area (Å²) in [5.74, 6) is -2.06. The Bertz CT molecular complexity index is 851. The van der Waals surface area contributed by atoms with Gasteiger partial charge in [0.25, 0.3) is 0 Å². The summed E-state index contributed by atoms with van der Waals surface area (Å²) < 4.78 is 14.9. The van der Waals surface area contributed by atoms with Crippen LogP contribution >= 0.6 is 0 Å². The van der Waals surface area contributed by atoms with Crippen molar-refractivity contribution in [1.82, 2.24) is 4.90 Å². The molecule has 1 N–H and O–H groups in total. The standard InChI is InChI=1S/C22H31N3O6/c1-22(2,3)31-20(27)16-8-7-15(25-11-9-24(4)10-12-25)13-17(16)23-18(21(28)30-6)14-19(26)29-5/h7-8,13-14,23H,9-12H2,1-6H3/b18-14+. The Morgan fingerprint density at radius 1 is 1.03 bits per heavy atom. The molecule has 0 atom stereocenters. The smallest absolute Gasteiger partial charge is 0.354 e. The SMILES string of the molecule is COC(=O)/C=C(/Nc1cc(N2CCN(C)CC2)ccc1C(=O)OC(C)(C)C)C(=O)OC. The number of esters is 3. The van der Waals surface area contributed by atoms with E-state index in [1.54, 1.807) is 32.9 Å². The van der Waals surface area contributed by atoms with Gasteiger partial charge in [0.15, 0.2) is 0 Å². The van der Waals surface area contributed by atoms with E-state index in [9.17, 15) is 14.4 Å². The minimum absolute atomic E-state index is 0.158. The van der Waals surface area contributed by atoms with E-state index in [2.05, 4.69) is 26.9 Å². The van der Waals surface area contributed by atoms with Crippen molar-refractivity contribution in [2.24, 2.45) is 0 Å². The van der Waals surface area contributed by atoms with Gasteiger partial charge in [0, 0.05) is 31.9 Å². The lowest BCUT2D eigenvalue weighted by molar-refractivity contribution is -0.138. The Morgan fingerprint density at radius 2 is 1.68 bits per heavy atom. The fourth-order valence-corrected chi connectivity index (χ4v) is 2.99. The van der Waals surface area contributed by atoms with Gasteiger partial charge in [-0.2, -0.15) is 0 Å². The van der Waals surface area contributed by atoms with Crippen LogP contribution in [-0.4, -0.2) is 75.9 Å². The zero-order chi connectivity index (χ0) is 23.2. The molecule has 1 heterocycles. The van der Waals surface area contributed by atoms with Crippen LogP contribution in [0.2, 0.25) is 0 Å². The van der Waals surface area contributed by atoms with Crippen molar-refractivity contribution < 1.29 is 28.6 Å². The third kappa shape index (κ3) is 6.99. The van der Waals surface area contributed by atoms with Crippen molar-refractivity contribution >= 4 is 29.3 Å². The molecule has 9 nitrogen and oxygen atoms in total. The van der Waals surface area contributed by atoms with Gasteiger partial charge in [0.05, 0.1) is 31.5 Å². The number of rotatable bonds is 6. The average molecular weight is 434 g/mol. The number of hydrogen-bond donors (Lipinski definition) is 1. The molecule has 0 unspecified atom stereocenters. The zero-order valence-corrected chi connectivity index (χ0v) is 19.0. The highest BCUT2D eigenvalue weighted by Crippen LogP contribution is 2.28. The summed E-state index contributed by atoms with van der Waals surface area (Å²) in [6.07, 6.45) is 0.979. The van der Waals surface area contributed by atoms with Gasteiger partial charge >= 0.3 is 17.9 Å². The van der Waals surface area contributed by atoms with Gasteiger partial charge < -0.3 is 29.3 Å². The lowest BCUT2D eigenvalue weighted by Gasteiger charge is -2.34. The first-order chi connectivity index (χ1) is 14.5. The molecule has 0 amide bonds. The molecular formula is C22H31N3O6. The van der Waals surface area contributed by atoms with Crippen molar-refractivity contribution in [3.8, 4) is 0 Å². The van der Waals surface area contributed by atoms with Crippen LogP contribution in [0.1, 0.15) is 31.1 Å². The van der Waals surface area contributed by atoms with Crippen molar-refractivity contribution in [2.75, 3.05) is 57.7 Å². The molecule has 0 radical (unpaired) electrons. The van der Waals surface area contributed by atoms with E-state index in [-0.39, 0.29) is 11.3 Å². The molecule has 0 spiro atoms. The van der Waals surface area contributed by atoms with E-state index in [1.165, 1.54) is 14.2 Å². The van der Waals surface area contributed by atoms with Crippen LogP contribution < -0.4 is 10.2 Å². The number of benzene rings is 1. The largest absolute Gasteiger partial charge is 0.466 e. The predicted octanol–water partition coefficient (Wildman–Crippen LogP) is 2.04. The number of piperazine rings is 1. The van der Waals surface area contributed by atoms with E-state index in [1.807, 2.05) is 6.07 Å². The first-order valence-corrected chi connectivity index (χ1v) is 10.00. The quantitative estimate of drug-likeness (QED) is 0.410. The molecule has 31 heavy (non-hydrogen) atoms. The number of methoxy groups -OCH3 is 2. The van der Waals surface area contributed by atoms with Gasteiger partial charge in [-0.15, -0.1) is 0 Å². The predicted molar refractivity (Wildman–Crippen MR) is 117 cm³/mol. The highest BCUT2D eigenvalue weighted by molar-refractivity contribution is 6.02. The Hall–Kier alpha value is -3.07. The normalized spacial score (nSPS) is 15.3. The maximum atomic E-state index is 12.8. The molecule has 1 aliphatic rings. The number of ether oxygens (including phenoxy) is 3. The van der Waals surface area contributed by atoms with Crippen LogP contribution in [0.3, 0.4) is 0 Å². The molecule has 9 heteroatoms. The van der Waals surface area contributed by atoms with Crippen LogP contribution in [0, 0.1) is 0 Å². The van der Waals surface area contributed by atoms with Crippen LogP contribution in [-0.2, 0) is 23.8 Å². The van der Waals surface area contributed by atoms with Gasteiger partial charge in [-0.25, -0.2) is 14.4 Å². The Kier molecular flexibility index (Phi) is 8.04. The van der Waals surface area contributed by atoms with E-state index < -0.39 is 23.5 Å². The summed E-state index contributed by atoms with van der Waals surface area (Å²) in [5.41, 5.74) is 0.580. The summed E-state index contributed by atoms with van der Waals surface area (Å²) in [6, 6.07) is 5.26. The zero-order valence-electron chi connectivity index (χ0n) is 19.0. The number of carbonyl (C=O) groups is 3. The molecule has 1 aromatic rings. The second-order valence-corrected chi connectivity index (χ2v) is 8.22. The number of anilines is 2. The van der Waals surface area contributed by atoms with Gasteiger partial charge in [-0.05, 0) is 46.0 Å². The molecule has 1 aromatic carbocycles. The molecular weight excluding hydrogens is 402 g/mol. The molecule has 1 saturated heterocycles. The van der Waals surface area contributed by atoms with Crippen molar-refractivity contribution in [2.45, 2.75) is 26.4 Å². The Balaban J connectivity index is 2.46. The average Bonchev–Trinajstić information content (AvgIpc) is 2.71. The molecule has 1 fully saturated rings. The number of carbonyl (C=O) groups excluding carboxylic acids is 3. The molecule has 170 valence electrons. The first-order valence-electron chi connectivity index (χ1n) is 10.00. The van der Waals surface area contributed by atoms with E-state index >= 15 is 0 Å². The fourth-order valence-electron chi connectivity index (χ4n) is 2.99. The number of nitrogens with one attached hydrogen (secondary N) is 1. The highest BCUT2D eigenvalue weighted by Gasteiger charge is 2.24. The first kappa shape index (κ1) is 24.2. The van der Waals surface area contributed by atoms with Gasteiger partial charge in [0.2, 0.25) is 0 Å². The summed E-state index contributed by atoms with van der Waals surface area (Å²) in [6.45, 7) is 8.78.